The van der Waals surface area contributed by atoms with E-state index in [4.69, 9.17) is 0 Å². The molecule has 1 aromatic carbocycles. The van der Waals surface area contributed by atoms with Crippen LogP contribution in [0.1, 0.15) is 34.1 Å². The molecule has 0 bridgehead atoms. The highest BCUT2D eigenvalue weighted by Crippen LogP contribution is 2.57. The van der Waals surface area contributed by atoms with E-state index in [1.807, 2.05) is 0 Å². The Hall–Kier alpha value is -1.44. The van der Waals surface area contributed by atoms with Gasteiger partial charge >= 0.3 is 0 Å². The Morgan fingerprint density at radius 1 is 0.895 bits per heavy atom. The minimum atomic E-state index is 0.249. The quantitative estimate of drug-likeness (QED) is 0.747. The molecule has 0 saturated heterocycles. The predicted molar refractivity (Wildman–Crippen MR) is 80.8 cm³/mol. The molecule has 0 atom stereocenters. The summed E-state index contributed by atoms with van der Waals surface area (Å²) >= 11 is 0. The second kappa shape index (κ2) is 3.78. The van der Waals surface area contributed by atoms with Gasteiger partial charge in [0.2, 0.25) is 0 Å². The van der Waals surface area contributed by atoms with Crippen molar-refractivity contribution < 1.29 is 0 Å². The lowest BCUT2D eigenvalue weighted by atomic mass is 9.81. The van der Waals surface area contributed by atoms with Crippen LogP contribution in [0.5, 0.6) is 0 Å². The molecule has 2 nitrogen and oxygen atoms in total. The summed E-state index contributed by atoms with van der Waals surface area (Å²) < 4.78 is 0. The highest BCUT2D eigenvalue weighted by Gasteiger charge is 2.51. The van der Waals surface area contributed by atoms with Crippen molar-refractivity contribution in [1.82, 2.24) is 4.90 Å². The van der Waals surface area contributed by atoms with Crippen molar-refractivity contribution in [1.29, 1.82) is 0 Å². The fourth-order valence-corrected chi connectivity index (χ4v) is 4.28. The topological polar surface area (TPSA) is 6.48 Å². The van der Waals surface area contributed by atoms with Gasteiger partial charge in [0.1, 0.15) is 0 Å². The SMILES string of the molecule is CN1CN(c2ccccc2)C2=C1C(C)(C)CC2(C)C. The molecule has 1 aliphatic carbocycles. The number of hydrogen-bond acceptors (Lipinski definition) is 2. The Morgan fingerprint density at radius 3 is 2.11 bits per heavy atom. The monoisotopic (exact) mass is 256 g/mol. The smallest absolute Gasteiger partial charge is 0.0944 e. The summed E-state index contributed by atoms with van der Waals surface area (Å²) in [7, 11) is 2.22. The molecule has 3 rings (SSSR count). The molecule has 2 heteroatoms. The number of allylic oxidation sites excluding steroid dienone is 2. The van der Waals surface area contributed by atoms with E-state index in [0.717, 1.165) is 6.67 Å². The molecule has 1 heterocycles. The van der Waals surface area contributed by atoms with Crippen LogP contribution in [0.3, 0.4) is 0 Å². The average Bonchev–Trinajstić information content (AvgIpc) is 2.76. The van der Waals surface area contributed by atoms with Crippen LogP contribution < -0.4 is 4.90 Å². The molecule has 0 fully saturated rings. The largest absolute Gasteiger partial charge is 0.358 e. The van der Waals surface area contributed by atoms with E-state index >= 15 is 0 Å². The molecule has 0 unspecified atom stereocenters. The van der Waals surface area contributed by atoms with Crippen molar-refractivity contribution in [2.45, 2.75) is 34.1 Å². The molecule has 0 spiro atoms. The highest BCUT2D eigenvalue weighted by atomic mass is 15.4. The van der Waals surface area contributed by atoms with Gasteiger partial charge in [-0.15, -0.1) is 0 Å². The van der Waals surface area contributed by atoms with Crippen molar-refractivity contribution in [3.63, 3.8) is 0 Å². The third-order valence-electron chi connectivity index (χ3n) is 4.46. The zero-order chi connectivity index (χ0) is 13.8. The number of para-hydroxylation sites is 1. The van der Waals surface area contributed by atoms with E-state index in [-0.39, 0.29) is 10.8 Å². The molecule has 0 radical (unpaired) electrons. The van der Waals surface area contributed by atoms with Crippen LogP contribution >= 0.6 is 0 Å². The van der Waals surface area contributed by atoms with E-state index in [1.165, 1.54) is 23.5 Å². The maximum Gasteiger partial charge on any atom is 0.0944 e. The van der Waals surface area contributed by atoms with Gasteiger partial charge < -0.3 is 9.80 Å². The molecular weight excluding hydrogens is 232 g/mol. The Labute approximate surface area is 116 Å². The second-order valence-electron chi connectivity index (χ2n) is 7.24. The average molecular weight is 256 g/mol. The zero-order valence-electron chi connectivity index (χ0n) is 12.7. The highest BCUT2D eigenvalue weighted by molar-refractivity contribution is 5.58. The molecule has 0 amide bonds. The van der Waals surface area contributed by atoms with Gasteiger partial charge in [-0.2, -0.15) is 0 Å². The Kier molecular flexibility index (Phi) is 2.51. The Morgan fingerprint density at radius 2 is 1.47 bits per heavy atom. The van der Waals surface area contributed by atoms with Crippen LogP contribution in [0, 0.1) is 10.8 Å². The summed E-state index contributed by atoms with van der Waals surface area (Å²) in [6.07, 6.45) is 1.22. The molecule has 102 valence electrons. The fourth-order valence-electron chi connectivity index (χ4n) is 4.28. The number of hydrogen-bond donors (Lipinski definition) is 0. The first-order valence-electron chi connectivity index (χ1n) is 7.12. The summed E-state index contributed by atoms with van der Waals surface area (Å²) in [6.45, 7) is 10.5. The van der Waals surface area contributed by atoms with Gasteiger partial charge in [0.25, 0.3) is 0 Å². The lowest BCUT2D eigenvalue weighted by molar-refractivity contribution is 0.255. The molecular formula is C17H24N2. The fraction of sp³-hybridized carbons (Fsp3) is 0.529. The summed E-state index contributed by atoms with van der Waals surface area (Å²) in [5.41, 5.74) is 4.88. The van der Waals surface area contributed by atoms with E-state index in [0.29, 0.717) is 0 Å². The van der Waals surface area contributed by atoms with Crippen molar-refractivity contribution >= 4 is 5.69 Å². The van der Waals surface area contributed by atoms with Crippen LogP contribution in [0.15, 0.2) is 41.7 Å². The van der Waals surface area contributed by atoms with Crippen LogP contribution in [0.2, 0.25) is 0 Å². The molecule has 0 N–H and O–H groups in total. The van der Waals surface area contributed by atoms with Gasteiger partial charge in [0.05, 0.1) is 6.67 Å². The third kappa shape index (κ3) is 1.77. The first-order valence-corrected chi connectivity index (χ1v) is 7.12. The van der Waals surface area contributed by atoms with Gasteiger partial charge in [-0.05, 0) is 18.6 Å². The first kappa shape index (κ1) is 12.6. The molecule has 0 aromatic heterocycles. The summed E-state index contributed by atoms with van der Waals surface area (Å²) in [5, 5.41) is 0. The van der Waals surface area contributed by atoms with Crippen LogP contribution in [-0.2, 0) is 0 Å². The van der Waals surface area contributed by atoms with Crippen LogP contribution in [0.4, 0.5) is 5.69 Å². The van der Waals surface area contributed by atoms with Gasteiger partial charge in [-0.1, -0.05) is 45.9 Å². The van der Waals surface area contributed by atoms with Gasteiger partial charge in [0.15, 0.2) is 0 Å². The molecule has 1 aromatic rings. The van der Waals surface area contributed by atoms with Crippen LogP contribution in [0.25, 0.3) is 0 Å². The molecule has 1 aliphatic heterocycles. The van der Waals surface area contributed by atoms with Crippen molar-refractivity contribution in [2.24, 2.45) is 10.8 Å². The molecule has 2 aliphatic rings. The van der Waals surface area contributed by atoms with Crippen LogP contribution in [-0.4, -0.2) is 18.6 Å². The normalized spacial score (nSPS) is 24.1. The summed E-state index contributed by atoms with van der Waals surface area (Å²) in [5.74, 6) is 0. The van der Waals surface area contributed by atoms with Gasteiger partial charge in [0, 0.05) is 35.0 Å². The van der Waals surface area contributed by atoms with Crippen molar-refractivity contribution in [3.05, 3.63) is 41.7 Å². The first-order chi connectivity index (χ1) is 8.83. The van der Waals surface area contributed by atoms with Gasteiger partial charge in [-0.25, -0.2) is 0 Å². The Balaban J connectivity index is 2.12. The maximum absolute atomic E-state index is 2.49. The predicted octanol–water partition coefficient (Wildman–Crippen LogP) is 4.06. The summed E-state index contributed by atoms with van der Waals surface area (Å²) in [6, 6.07) is 10.8. The van der Waals surface area contributed by atoms with E-state index in [2.05, 4.69) is 74.9 Å². The molecule has 0 saturated carbocycles. The van der Waals surface area contributed by atoms with E-state index in [1.54, 1.807) is 0 Å². The zero-order valence-corrected chi connectivity index (χ0v) is 12.7. The number of rotatable bonds is 1. The summed E-state index contributed by atoms with van der Waals surface area (Å²) in [4.78, 5) is 4.92. The van der Waals surface area contributed by atoms with E-state index in [9.17, 15) is 0 Å². The van der Waals surface area contributed by atoms with Gasteiger partial charge in [-0.3, -0.25) is 0 Å². The lowest BCUT2D eigenvalue weighted by Crippen LogP contribution is -2.34. The molecule has 19 heavy (non-hydrogen) atoms. The Bertz CT molecular complexity index is 525. The number of nitrogens with zero attached hydrogens (tertiary/aromatic N) is 2. The third-order valence-corrected chi connectivity index (χ3v) is 4.46. The number of anilines is 1. The minimum Gasteiger partial charge on any atom is -0.358 e. The second-order valence-corrected chi connectivity index (χ2v) is 7.24. The standard InChI is InChI=1S/C17H24N2/c1-16(2)11-17(3,4)15-14(16)18(5)12-19(15)13-9-7-6-8-10-13/h6-10H,11-12H2,1-5H3. The van der Waals surface area contributed by atoms with Crippen molar-refractivity contribution in [2.75, 3.05) is 18.6 Å². The lowest BCUT2D eigenvalue weighted by Gasteiger charge is -2.35. The minimum absolute atomic E-state index is 0.249. The maximum atomic E-state index is 2.49. The van der Waals surface area contributed by atoms with Crippen molar-refractivity contribution in [3.8, 4) is 0 Å². The number of benzene rings is 1. The van der Waals surface area contributed by atoms with E-state index < -0.39 is 0 Å².